The average Bonchev–Trinajstić information content (AvgIpc) is 2.46. The van der Waals surface area contributed by atoms with E-state index in [4.69, 9.17) is 10.5 Å². The molecule has 4 nitrogen and oxygen atoms in total. The van der Waals surface area contributed by atoms with Gasteiger partial charge in [0.05, 0.1) is 6.61 Å². The van der Waals surface area contributed by atoms with E-state index < -0.39 is 0 Å². The van der Waals surface area contributed by atoms with Crippen LogP contribution in [-0.2, 0) is 4.79 Å². The Balaban J connectivity index is 2.58. The molecule has 0 amide bonds. The fourth-order valence-corrected chi connectivity index (χ4v) is 1.65. The van der Waals surface area contributed by atoms with Crippen LogP contribution in [0.4, 0.5) is 0 Å². The highest BCUT2D eigenvalue weighted by atomic mass is 16.5. The molecule has 1 rings (SSSR count). The van der Waals surface area contributed by atoms with E-state index in [1.54, 1.807) is 24.3 Å². The Morgan fingerprint density at radius 1 is 1.30 bits per heavy atom. The minimum atomic E-state index is -0.0485. The number of hydrogen-bond donors (Lipinski definition) is 2. The van der Waals surface area contributed by atoms with Crippen molar-refractivity contribution < 1.29 is 14.6 Å². The first-order valence-corrected chi connectivity index (χ1v) is 7.04. The number of ether oxygens (including phenoxy) is 1. The number of ketones is 1. The van der Waals surface area contributed by atoms with Crippen molar-refractivity contribution >= 4 is 11.5 Å². The number of rotatable bonds is 9. The molecule has 0 aliphatic rings. The molecule has 0 atom stereocenters. The van der Waals surface area contributed by atoms with E-state index in [-0.39, 0.29) is 11.5 Å². The highest BCUT2D eigenvalue weighted by molar-refractivity contribution is 5.95. The first-order chi connectivity index (χ1) is 9.67. The maximum atomic E-state index is 11.6. The molecule has 3 N–H and O–H groups in total. The monoisotopic (exact) mass is 277 g/mol. The van der Waals surface area contributed by atoms with E-state index in [1.165, 1.54) is 6.08 Å². The summed E-state index contributed by atoms with van der Waals surface area (Å²) in [6, 6.07) is 7.01. The van der Waals surface area contributed by atoms with Gasteiger partial charge in [-0.2, -0.15) is 0 Å². The zero-order valence-corrected chi connectivity index (χ0v) is 12.0. The lowest BCUT2D eigenvalue weighted by molar-refractivity contribution is -0.114. The molecule has 0 aromatic heterocycles. The molecular formula is C16H23NO3. The Morgan fingerprint density at radius 2 is 2.00 bits per heavy atom. The first kappa shape index (κ1) is 16.2. The minimum Gasteiger partial charge on any atom is -0.507 e. The third-order valence-corrected chi connectivity index (χ3v) is 2.84. The third-order valence-electron chi connectivity index (χ3n) is 2.84. The molecule has 0 aliphatic heterocycles. The Bertz CT molecular complexity index is 438. The molecule has 0 fully saturated rings. The summed E-state index contributed by atoms with van der Waals surface area (Å²) < 4.78 is 5.47. The number of carbonyl (C=O) groups is 1. The molecule has 0 saturated carbocycles. The molecular weight excluding hydrogens is 254 g/mol. The molecule has 0 heterocycles. The molecule has 0 saturated heterocycles. The predicted octanol–water partition coefficient (Wildman–Crippen LogP) is 3.07. The highest BCUT2D eigenvalue weighted by Crippen LogP contribution is 2.17. The van der Waals surface area contributed by atoms with Crippen LogP contribution in [0.5, 0.6) is 5.75 Å². The number of benzene rings is 1. The van der Waals surface area contributed by atoms with Gasteiger partial charge in [-0.05, 0) is 43.7 Å². The smallest absolute Gasteiger partial charge is 0.159 e. The number of hydrogen-bond acceptors (Lipinski definition) is 4. The van der Waals surface area contributed by atoms with Gasteiger partial charge in [0, 0.05) is 18.1 Å². The number of nitrogens with two attached hydrogens (primary N) is 1. The molecule has 0 spiro atoms. The van der Waals surface area contributed by atoms with Gasteiger partial charge in [0.1, 0.15) is 11.5 Å². The van der Waals surface area contributed by atoms with Crippen LogP contribution in [0.25, 0.3) is 5.76 Å². The summed E-state index contributed by atoms with van der Waals surface area (Å²) in [6.45, 7) is 3.20. The third kappa shape index (κ3) is 5.89. The Hall–Kier alpha value is -1.81. The molecule has 0 radical (unpaired) electrons. The fourth-order valence-electron chi connectivity index (χ4n) is 1.65. The van der Waals surface area contributed by atoms with Crippen LogP contribution in [0, 0.1) is 0 Å². The molecule has 110 valence electrons. The lowest BCUT2D eigenvalue weighted by atomic mass is 10.1. The Labute approximate surface area is 120 Å². The summed E-state index contributed by atoms with van der Waals surface area (Å²) in [5.41, 5.74) is 6.00. The van der Waals surface area contributed by atoms with E-state index >= 15 is 0 Å². The summed E-state index contributed by atoms with van der Waals surface area (Å²) in [7, 11) is 0. The molecule has 0 bridgehead atoms. The highest BCUT2D eigenvalue weighted by Gasteiger charge is 2.04. The van der Waals surface area contributed by atoms with Crippen LogP contribution in [0.2, 0.25) is 0 Å². The summed E-state index contributed by atoms with van der Waals surface area (Å²) >= 11 is 0. The van der Waals surface area contributed by atoms with E-state index in [0.29, 0.717) is 25.1 Å². The van der Waals surface area contributed by atoms with Crippen molar-refractivity contribution in [3.8, 4) is 5.75 Å². The van der Waals surface area contributed by atoms with Gasteiger partial charge in [0.15, 0.2) is 5.78 Å². The number of aliphatic hydroxyl groups is 1. The molecule has 0 aliphatic carbocycles. The first-order valence-electron chi connectivity index (χ1n) is 7.04. The quantitative estimate of drug-likeness (QED) is 0.413. The van der Waals surface area contributed by atoms with Gasteiger partial charge in [-0.25, -0.2) is 0 Å². The summed E-state index contributed by atoms with van der Waals surface area (Å²) in [4.78, 5) is 11.6. The lowest BCUT2D eigenvalue weighted by Crippen LogP contribution is -2.06. The van der Waals surface area contributed by atoms with Gasteiger partial charge in [0.25, 0.3) is 0 Å². The second kappa shape index (κ2) is 9.15. The van der Waals surface area contributed by atoms with E-state index in [9.17, 15) is 9.90 Å². The van der Waals surface area contributed by atoms with Gasteiger partial charge >= 0.3 is 0 Å². The summed E-state index contributed by atoms with van der Waals surface area (Å²) in [5, 5.41) is 9.88. The molecule has 0 unspecified atom stereocenters. The van der Waals surface area contributed by atoms with Crippen molar-refractivity contribution in [2.24, 2.45) is 5.73 Å². The van der Waals surface area contributed by atoms with Crippen molar-refractivity contribution in [2.45, 2.75) is 32.6 Å². The van der Waals surface area contributed by atoms with Crippen molar-refractivity contribution in [3.05, 3.63) is 35.9 Å². The maximum Gasteiger partial charge on any atom is 0.159 e. The van der Waals surface area contributed by atoms with Gasteiger partial charge in [-0.1, -0.05) is 13.3 Å². The van der Waals surface area contributed by atoms with Crippen LogP contribution < -0.4 is 10.5 Å². The summed E-state index contributed by atoms with van der Waals surface area (Å²) in [6.07, 6.45) is 4.38. The zero-order chi connectivity index (χ0) is 14.8. The van der Waals surface area contributed by atoms with Gasteiger partial charge in [-0.3, -0.25) is 4.79 Å². The lowest BCUT2D eigenvalue weighted by Gasteiger charge is -2.06. The minimum absolute atomic E-state index is 0.000360. The van der Waals surface area contributed by atoms with Crippen molar-refractivity contribution in [1.29, 1.82) is 0 Å². The average molecular weight is 277 g/mol. The van der Waals surface area contributed by atoms with Crippen LogP contribution >= 0.6 is 0 Å². The van der Waals surface area contributed by atoms with Crippen molar-refractivity contribution in [1.82, 2.24) is 0 Å². The van der Waals surface area contributed by atoms with Crippen LogP contribution in [0.3, 0.4) is 0 Å². The van der Waals surface area contributed by atoms with E-state index in [1.807, 2.05) is 6.92 Å². The molecule has 20 heavy (non-hydrogen) atoms. The SMILES string of the molecule is CCCCC(=O)C=C(O)c1ccc(OCCCN)cc1. The van der Waals surface area contributed by atoms with Gasteiger partial charge in [-0.15, -0.1) is 0 Å². The normalized spacial score (nSPS) is 11.4. The molecule has 4 heteroatoms. The second-order valence-corrected chi connectivity index (χ2v) is 4.61. The summed E-state index contributed by atoms with van der Waals surface area (Å²) in [5.74, 6) is 0.680. The van der Waals surface area contributed by atoms with Crippen LogP contribution in [-0.4, -0.2) is 24.0 Å². The Kier molecular flexibility index (Phi) is 7.43. The number of carbonyl (C=O) groups excluding carboxylic acids is 1. The standard InChI is InChI=1S/C16H23NO3/c1-2-3-5-14(18)12-16(19)13-6-8-15(9-7-13)20-11-4-10-17/h6-9,12,19H,2-5,10-11,17H2,1H3. The molecule has 1 aromatic carbocycles. The topological polar surface area (TPSA) is 72.5 Å². The maximum absolute atomic E-state index is 11.6. The number of unbranched alkanes of at least 4 members (excludes halogenated alkanes) is 1. The fraction of sp³-hybridized carbons (Fsp3) is 0.438. The second-order valence-electron chi connectivity index (χ2n) is 4.61. The number of allylic oxidation sites excluding steroid dienone is 1. The van der Waals surface area contributed by atoms with E-state index in [2.05, 4.69) is 0 Å². The predicted molar refractivity (Wildman–Crippen MR) is 80.7 cm³/mol. The van der Waals surface area contributed by atoms with Crippen LogP contribution in [0.1, 0.15) is 38.2 Å². The van der Waals surface area contributed by atoms with Gasteiger partial charge < -0.3 is 15.6 Å². The van der Waals surface area contributed by atoms with Crippen molar-refractivity contribution in [3.63, 3.8) is 0 Å². The number of aliphatic hydroxyl groups excluding tert-OH is 1. The largest absolute Gasteiger partial charge is 0.507 e. The molecule has 1 aromatic rings. The van der Waals surface area contributed by atoms with Crippen LogP contribution in [0.15, 0.2) is 30.3 Å². The zero-order valence-electron chi connectivity index (χ0n) is 12.0. The van der Waals surface area contributed by atoms with Crippen molar-refractivity contribution in [2.75, 3.05) is 13.2 Å². The van der Waals surface area contributed by atoms with Gasteiger partial charge in [0.2, 0.25) is 0 Å². The van der Waals surface area contributed by atoms with E-state index in [0.717, 1.165) is 25.0 Å². The Morgan fingerprint density at radius 3 is 2.60 bits per heavy atom.